The van der Waals surface area contributed by atoms with Crippen molar-refractivity contribution < 1.29 is 19.2 Å². The summed E-state index contributed by atoms with van der Waals surface area (Å²) in [5.74, 6) is 0.818. The zero-order chi connectivity index (χ0) is 20.7. The minimum absolute atomic E-state index is 0.256. The van der Waals surface area contributed by atoms with Gasteiger partial charge in [0.05, 0.1) is 12.1 Å². The van der Waals surface area contributed by atoms with E-state index in [1.807, 2.05) is 6.92 Å². The maximum Gasteiger partial charge on any atom is 0.339 e. The smallest absolute Gasteiger partial charge is 0.339 e. The Labute approximate surface area is 167 Å². The molecule has 152 valence electrons. The predicted molar refractivity (Wildman–Crippen MR) is 110 cm³/mol. The van der Waals surface area contributed by atoms with Crippen LogP contribution in [-0.4, -0.2) is 39.8 Å². The molecule has 0 radical (unpaired) electrons. The number of amides is 1. The summed E-state index contributed by atoms with van der Waals surface area (Å²) < 4.78 is 10.7. The molecule has 0 saturated heterocycles. The molecular formula is C19H25N3O5S. The second kappa shape index (κ2) is 9.59. The number of hydrogen-bond donors (Lipinski definition) is 2. The van der Waals surface area contributed by atoms with E-state index in [9.17, 15) is 9.59 Å². The fourth-order valence-electron chi connectivity index (χ4n) is 2.61. The SMILES string of the molecule is C=CCOc1cc([C@@H](CCC)NC(=O)C2(C)CSC(/C(C)=N\O)=N2)oc(=O)c1. The van der Waals surface area contributed by atoms with E-state index in [1.54, 1.807) is 26.0 Å². The summed E-state index contributed by atoms with van der Waals surface area (Å²) in [4.78, 5) is 29.2. The number of hydrogen-bond acceptors (Lipinski definition) is 8. The molecule has 8 nitrogen and oxygen atoms in total. The lowest BCUT2D eigenvalue weighted by Crippen LogP contribution is -2.45. The molecule has 2 atom stereocenters. The van der Waals surface area contributed by atoms with Crippen LogP contribution in [0.15, 0.2) is 44.1 Å². The van der Waals surface area contributed by atoms with E-state index in [-0.39, 0.29) is 12.5 Å². The summed E-state index contributed by atoms with van der Waals surface area (Å²) in [7, 11) is 0. The van der Waals surface area contributed by atoms with Gasteiger partial charge in [0.2, 0.25) is 5.91 Å². The summed E-state index contributed by atoms with van der Waals surface area (Å²) >= 11 is 1.36. The lowest BCUT2D eigenvalue weighted by Gasteiger charge is -2.24. The van der Waals surface area contributed by atoms with Gasteiger partial charge in [-0.15, -0.1) is 11.8 Å². The maximum absolute atomic E-state index is 12.9. The molecule has 0 fully saturated rings. The Kier molecular flexibility index (Phi) is 7.45. The van der Waals surface area contributed by atoms with Gasteiger partial charge in [-0.25, -0.2) is 4.79 Å². The topological polar surface area (TPSA) is 113 Å². The summed E-state index contributed by atoms with van der Waals surface area (Å²) in [5.41, 5.74) is -1.19. The monoisotopic (exact) mass is 407 g/mol. The lowest BCUT2D eigenvalue weighted by atomic mass is 10.0. The highest BCUT2D eigenvalue weighted by atomic mass is 32.2. The Balaban J connectivity index is 2.24. The van der Waals surface area contributed by atoms with Crippen molar-refractivity contribution >= 4 is 28.4 Å². The Morgan fingerprint density at radius 2 is 2.36 bits per heavy atom. The molecule has 0 bridgehead atoms. The number of nitrogens with one attached hydrogen (secondary N) is 1. The summed E-state index contributed by atoms with van der Waals surface area (Å²) in [5, 5.41) is 15.5. The quantitative estimate of drug-likeness (QED) is 0.282. The Bertz CT molecular complexity index is 848. The van der Waals surface area contributed by atoms with E-state index in [2.05, 4.69) is 22.0 Å². The van der Waals surface area contributed by atoms with Crippen molar-refractivity contribution in [2.75, 3.05) is 12.4 Å². The molecule has 28 heavy (non-hydrogen) atoms. The number of thioether (sulfide) groups is 1. The fraction of sp³-hybridized carbons (Fsp3) is 0.474. The lowest BCUT2D eigenvalue weighted by molar-refractivity contribution is -0.125. The number of carbonyl (C=O) groups excluding carboxylic acids is 1. The Morgan fingerprint density at radius 1 is 1.61 bits per heavy atom. The van der Waals surface area contributed by atoms with Crippen LogP contribution in [0.4, 0.5) is 0 Å². The van der Waals surface area contributed by atoms with Crippen molar-refractivity contribution in [2.24, 2.45) is 10.1 Å². The molecule has 0 aliphatic carbocycles. The van der Waals surface area contributed by atoms with E-state index in [0.717, 1.165) is 6.42 Å². The van der Waals surface area contributed by atoms with Crippen LogP contribution < -0.4 is 15.7 Å². The third-order valence-electron chi connectivity index (χ3n) is 4.14. The molecule has 1 amide bonds. The summed E-state index contributed by atoms with van der Waals surface area (Å²) in [6.07, 6.45) is 2.92. The molecule has 1 aliphatic heterocycles. The van der Waals surface area contributed by atoms with E-state index < -0.39 is 17.2 Å². The van der Waals surface area contributed by atoms with Gasteiger partial charge in [-0.2, -0.15) is 0 Å². The molecule has 9 heteroatoms. The minimum atomic E-state index is -1.00. The summed E-state index contributed by atoms with van der Waals surface area (Å²) in [6.45, 7) is 9.15. The first kappa shape index (κ1) is 21.7. The number of ether oxygens (including phenoxy) is 1. The molecule has 0 spiro atoms. The van der Waals surface area contributed by atoms with E-state index in [0.29, 0.717) is 34.4 Å². The van der Waals surface area contributed by atoms with Gasteiger partial charge >= 0.3 is 5.63 Å². The maximum atomic E-state index is 12.9. The average Bonchev–Trinajstić information content (AvgIpc) is 3.08. The highest BCUT2D eigenvalue weighted by Crippen LogP contribution is 2.30. The molecular weight excluding hydrogens is 382 g/mol. The number of rotatable bonds is 9. The fourth-order valence-corrected chi connectivity index (χ4v) is 3.74. The molecule has 0 aromatic carbocycles. The molecule has 0 saturated carbocycles. The normalized spacial score (nSPS) is 20.4. The largest absolute Gasteiger partial charge is 0.489 e. The minimum Gasteiger partial charge on any atom is -0.489 e. The molecule has 1 aliphatic rings. The van der Waals surface area contributed by atoms with E-state index >= 15 is 0 Å². The van der Waals surface area contributed by atoms with Crippen LogP contribution in [0.1, 0.15) is 45.4 Å². The molecule has 1 unspecified atom stereocenters. The Hall–Kier alpha value is -2.55. The van der Waals surface area contributed by atoms with Crippen molar-refractivity contribution in [3.63, 3.8) is 0 Å². The van der Waals surface area contributed by atoms with E-state index in [1.165, 1.54) is 17.8 Å². The number of carbonyl (C=O) groups is 1. The van der Waals surface area contributed by atoms with Crippen LogP contribution in [0, 0.1) is 0 Å². The van der Waals surface area contributed by atoms with Gasteiger partial charge in [0.1, 0.15) is 34.4 Å². The predicted octanol–water partition coefficient (Wildman–Crippen LogP) is 2.92. The number of oxime groups is 1. The second-order valence-corrected chi connectivity index (χ2v) is 7.56. The third kappa shape index (κ3) is 5.25. The molecule has 2 rings (SSSR count). The molecule has 2 heterocycles. The van der Waals surface area contributed by atoms with Crippen molar-refractivity contribution in [1.29, 1.82) is 0 Å². The van der Waals surface area contributed by atoms with Gasteiger partial charge < -0.3 is 19.7 Å². The average molecular weight is 407 g/mol. The van der Waals surface area contributed by atoms with Crippen LogP contribution in [0.3, 0.4) is 0 Å². The highest BCUT2D eigenvalue weighted by Gasteiger charge is 2.40. The standard InChI is InChI=1S/C19H25N3O5S/c1-5-7-14(15-9-13(26-8-6-2)10-16(23)27-15)20-18(24)19(4)11-28-17(21-19)12(3)22-25/h6,9-10,14,25H,2,5,7-8,11H2,1,3-4H3,(H,20,24)/b22-12-/t14-,19?/m1/s1. The first-order valence-electron chi connectivity index (χ1n) is 8.94. The molecule has 1 aromatic rings. The number of aliphatic imine (C=N–C) groups is 1. The van der Waals surface area contributed by atoms with Gasteiger partial charge in [-0.3, -0.25) is 9.79 Å². The number of nitrogens with zero attached hydrogens (tertiary/aromatic N) is 2. The van der Waals surface area contributed by atoms with Crippen molar-refractivity contribution in [3.05, 3.63) is 41.0 Å². The van der Waals surface area contributed by atoms with Crippen molar-refractivity contribution in [1.82, 2.24) is 5.32 Å². The van der Waals surface area contributed by atoms with Crippen LogP contribution >= 0.6 is 11.8 Å². The zero-order valence-electron chi connectivity index (χ0n) is 16.2. The van der Waals surface area contributed by atoms with Crippen LogP contribution in [-0.2, 0) is 4.79 Å². The van der Waals surface area contributed by atoms with Gasteiger partial charge in [-0.1, -0.05) is 31.2 Å². The van der Waals surface area contributed by atoms with Crippen LogP contribution in [0.25, 0.3) is 0 Å². The zero-order valence-corrected chi connectivity index (χ0v) is 17.0. The van der Waals surface area contributed by atoms with Crippen LogP contribution in [0.5, 0.6) is 5.75 Å². The first-order valence-corrected chi connectivity index (χ1v) is 9.93. The van der Waals surface area contributed by atoms with Crippen LogP contribution in [0.2, 0.25) is 0 Å². The molecule has 2 N–H and O–H groups in total. The van der Waals surface area contributed by atoms with Crippen molar-refractivity contribution in [3.8, 4) is 5.75 Å². The Morgan fingerprint density at radius 3 is 3.00 bits per heavy atom. The molecule has 1 aromatic heterocycles. The van der Waals surface area contributed by atoms with Crippen molar-refractivity contribution in [2.45, 2.75) is 45.2 Å². The van der Waals surface area contributed by atoms with Gasteiger partial charge in [-0.05, 0) is 20.3 Å². The summed E-state index contributed by atoms with van der Waals surface area (Å²) in [6, 6.07) is 2.36. The van der Waals surface area contributed by atoms with E-state index in [4.69, 9.17) is 14.4 Å². The van der Waals surface area contributed by atoms with Gasteiger partial charge in [0.25, 0.3) is 0 Å². The van der Waals surface area contributed by atoms with Gasteiger partial charge in [0.15, 0.2) is 0 Å². The first-order chi connectivity index (χ1) is 13.3. The third-order valence-corrected chi connectivity index (χ3v) is 5.51. The van der Waals surface area contributed by atoms with Gasteiger partial charge in [0, 0.05) is 11.8 Å². The highest BCUT2D eigenvalue weighted by molar-refractivity contribution is 8.16. The second-order valence-electron chi connectivity index (χ2n) is 6.59.